The molecule has 0 atom stereocenters. The summed E-state index contributed by atoms with van der Waals surface area (Å²) in [5, 5.41) is 0. The highest BCUT2D eigenvalue weighted by Gasteiger charge is 2.16. The largest absolute Gasteiger partial charge is 0.456 e. The fraction of sp³-hybridized carbons (Fsp3) is 0.667. The predicted octanol–water partition coefficient (Wildman–Crippen LogP) is 2.29. The molecule has 0 aliphatic carbocycles. The Morgan fingerprint density at radius 2 is 1.73 bits per heavy atom. The molecule has 0 bridgehead atoms. The van der Waals surface area contributed by atoms with Gasteiger partial charge in [-0.05, 0) is 33.8 Å². The van der Waals surface area contributed by atoms with Crippen molar-refractivity contribution in [1.82, 2.24) is 0 Å². The van der Waals surface area contributed by atoms with Crippen LogP contribution in [0.25, 0.3) is 0 Å². The van der Waals surface area contributed by atoms with Crippen LogP contribution in [-0.2, 0) is 9.53 Å². The van der Waals surface area contributed by atoms with Crippen LogP contribution in [0.1, 0.15) is 34.6 Å². The molecule has 2 heteroatoms. The first-order valence-corrected chi connectivity index (χ1v) is 3.69. The van der Waals surface area contributed by atoms with Crippen LogP contribution >= 0.6 is 0 Å². The van der Waals surface area contributed by atoms with Gasteiger partial charge in [-0.1, -0.05) is 5.57 Å². The third kappa shape index (κ3) is 5.64. The van der Waals surface area contributed by atoms with Crippen LogP contribution in [0.3, 0.4) is 0 Å². The van der Waals surface area contributed by atoms with Gasteiger partial charge < -0.3 is 4.74 Å². The number of hydrogen-bond acceptors (Lipinski definition) is 2. The van der Waals surface area contributed by atoms with Crippen molar-refractivity contribution in [2.75, 3.05) is 0 Å². The molecular weight excluding hydrogens is 140 g/mol. The van der Waals surface area contributed by atoms with Gasteiger partial charge in [-0.3, -0.25) is 4.79 Å². The van der Waals surface area contributed by atoms with E-state index in [1.54, 1.807) is 0 Å². The Labute approximate surface area is 68.2 Å². The SMILES string of the molecule is CC(=O)OC(C)(C)C=C(C)C. The summed E-state index contributed by atoms with van der Waals surface area (Å²) in [6.07, 6.45) is 1.92. The van der Waals surface area contributed by atoms with E-state index in [9.17, 15) is 4.79 Å². The Bertz CT molecular complexity index is 174. The molecule has 64 valence electrons. The van der Waals surface area contributed by atoms with Gasteiger partial charge in [-0.2, -0.15) is 0 Å². The average molecular weight is 156 g/mol. The lowest BCUT2D eigenvalue weighted by Crippen LogP contribution is -2.24. The van der Waals surface area contributed by atoms with Crippen molar-refractivity contribution in [1.29, 1.82) is 0 Å². The topological polar surface area (TPSA) is 26.3 Å². The lowest BCUT2D eigenvalue weighted by molar-refractivity contribution is -0.149. The molecule has 0 saturated heterocycles. The smallest absolute Gasteiger partial charge is 0.303 e. The van der Waals surface area contributed by atoms with Crippen LogP contribution in [0, 0.1) is 0 Å². The van der Waals surface area contributed by atoms with Gasteiger partial charge in [0.1, 0.15) is 5.60 Å². The minimum atomic E-state index is -0.468. The second-order valence-corrected chi connectivity index (χ2v) is 3.42. The number of ether oxygens (including phenoxy) is 1. The Kier molecular flexibility index (Phi) is 3.30. The van der Waals surface area contributed by atoms with E-state index < -0.39 is 5.60 Å². The highest BCUT2D eigenvalue weighted by molar-refractivity contribution is 5.66. The first-order chi connectivity index (χ1) is 4.83. The lowest BCUT2D eigenvalue weighted by Gasteiger charge is -2.20. The molecule has 0 radical (unpaired) electrons. The van der Waals surface area contributed by atoms with Crippen molar-refractivity contribution in [3.63, 3.8) is 0 Å². The lowest BCUT2D eigenvalue weighted by atomic mass is 10.1. The van der Waals surface area contributed by atoms with Crippen LogP contribution < -0.4 is 0 Å². The first-order valence-electron chi connectivity index (χ1n) is 3.69. The Hall–Kier alpha value is -0.790. The summed E-state index contributed by atoms with van der Waals surface area (Å²) >= 11 is 0. The van der Waals surface area contributed by atoms with Gasteiger partial charge in [-0.15, -0.1) is 0 Å². The number of carbonyl (C=O) groups is 1. The summed E-state index contributed by atoms with van der Waals surface area (Å²) in [6.45, 7) is 9.10. The van der Waals surface area contributed by atoms with Crippen LogP contribution in [0.4, 0.5) is 0 Å². The molecule has 0 aliphatic rings. The van der Waals surface area contributed by atoms with Gasteiger partial charge in [0.05, 0.1) is 0 Å². The molecule has 0 aromatic carbocycles. The molecule has 0 heterocycles. The minimum Gasteiger partial charge on any atom is -0.456 e. The fourth-order valence-electron chi connectivity index (χ4n) is 1.10. The number of allylic oxidation sites excluding steroid dienone is 1. The quantitative estimate of drug-likeness (QED) is 0.453. The molecule has 0 N–H and O–H groups in total. The second kappa shape index (κ2) is 3.56. The molecule has 0 fully saturated rings. The molecule has 0 rings (SSSR count). The molecule has 0 saturated carbocycles. The van der Waals surface area contributed by atoms with E-state index in [4.69, 9.17) is 4.74 Å². The summed E-state index contributed by atoms with van der Waals surface area (Å²) in [5.41, 5.74) is 0.682. The summed E-state index contributed by atoms with van der Waals surface area (Å²) in [4.78, 5) is 10.6. The van der Waals surface area contributed by atoms with E-state index in [1.807, 2.05) is 33.8 Å². The van der Waals surface area contributed by atoms with E-state index in [2.05, 4.69) is 0 Å². The summed E-state index contributed by atoms with van der Waals surface area (Å²) in [5.74, 6) is -0.243. The molecule has 0 amide bonds. The molecular formula is C9H16O2. The van der Waals surface area contributed by atoms with Crippen molar-refractivity contribution >= 4 is 5.97 Å². The maximum atomic E-state index is 10.6. The van der Waals surface area contributed by atoms with E-state index in [0.29, 0.717) is 0 Å². The van der Waals surface area contributed by atoms with E-state index in [0.717, 1.165) is 5.57 Å². The van der Waals surface area contributed by atoms with Crippen molar-refractivity contribution in [2.45, 2.75) is 40.2 Å². The molecule has 0 aliphatic heterocycles. The average Bonchev–Trinajstić information content (AvgIpc) is 1.53. The predicted molar refractivity (Wildman–Crippen MR) is 45.3 cm³/mol. The normalized spacial score (nSPS) is 10.6. The van der Waals surface area contributed by atoms with Crippen molar-refractivity contribution in [3.05, 3.63) is 11.6 Å². The van der Waals surface area contributed by atoms with Gasteiger partial charge in [0.25, 0.3) is 0 Å². The molecule has 11 heavy (non-hydrogen) atoms. The van der Waals surface area contributed by atoms with Gasteiger partial charge in [0.15, 0.2) is 0 Å². The number of rotatable bonds is 2. The Balaban J connectivity index is 4.22. The van der Waals surface area contributed by atoms with Crippen LogP contribution in [0.2, 0.25) is 0 Å². The van der Waals surface area contributed by atoms with Crippen LogP contribution in [0.15, 0.2) is 11.6 Å². The van der Waals surface area contributed by atoms with Crippen LogP contribution in [0.5, 0.6) is 0 Å². The maximum Gasteiger partial charge on any atom is 0.303 e. The highest BCUT2D eigenvalue weighted by atomic mass is 16.6. The van der Waals surface area contributed by atoms with Gasteiger partial charge in [0, 0.05) is 6.92 Å². The van der Waals surface area contributed by atoms with E-state index in [-0.39, 0.29) is 5.97 Å². The van der Waals surface area contributed by atoms with Gasteiger partial charge in [-0.25, -0.2) is 0 Å². The third-order valence-electron chi connectivity index (χ3n) is 1.04. The number of carbonyl (C=O) groups excluding carboxylic acids is 1. The van der Waals surface area contributed by atoms with Crippen molar-refractivity contribution in [2.24, 2.45) is 0 Å². The highest BCUT2D eigenvalue weighted by Crippen LogP contribution is 2.13. The summed E-state index contributed by atoms with van der Waals surface area (Å²) in [7, 11) is 0. The zero-order valence-electron chi connectivity index (χ0n) is 7.89. The monoisotopic (exact) mass is 156 g/mol. The number of esters is 1. The van der Waals surface area contributed by atoms with Crippen molar-refractivity contribution in [3.8, 4) is 0 Å². The third-order valence-corrected chi connectivity index (χ3v) is 1.04. The summed E-state index contributed by atoms with van der Waals surface area (Å²) in [6, 6.07) is 0. The zero-order valence-corrected chi connectivity index (χ0v) is 7.89. The molecule has 0 unspecified atom stereocenters. The Morgan fingerprint density at radius 1 is 1.27 bits per heavy atom. The summed E-state index contributed by atoms with van der Waals surface area (Å²) < 4.78 is 5.03. The molecule has 0 spiro atoms. The van der Waals surface area contributed by atoms with Crippen molar-refractivity contribution < 1.29 is 9.53 Å². The van der Waals surface area contributed by atoms with Gasteiger partial charge >= 0.3 is 5.97 Å². The molecule has 2 nitrogen and oxygen atoms in total. The van der Waals surface area contributed by atoms with E-state index >= 15 is 0 Å². The number of hydrogen-bond donors (Lipinski definition) is 0. The zero-order chi connectivity index (χ0) is 9.07. The van der Waals surface area contributed by atoms with E-state index in [1.165, 1.54) is 6.92 Å². The first kappa shape index (κ1) is 10.2. The maximum absolute atomic E-state index is 10.6. The second-order valence-electron chi connectivity index (χ2n) is 3.42. The van der Waals surface area contributed by atoms with Gasteiger partial charge in [0.2, 0.25) is 0 Å². The molecule has 0 aromatic rings. The fourth-order valence-corrected chi connectivity index (χ4v) is 1.10. The standard InChI is InChI=1S/C9H16O2/c1-7(2)6-9(4,5)11-8(3)10/h6H,1-5H3. The van der Waals surface area contributed by atoms with Crippen LogP contribution in [-0.4, -0.2) is 11.6 Å². The molecule has 0 aromatic heterocycles. The minimum absolute atomic E-state index is 0.243. The Morgan fingerprint density at radius 3 is 2.00 bits per heavy atom.